The molecule has 3 heteroatoms. The van der Waals surface area contributed by atoms with Crippen molar-refractivity contribution in [1.82, 2.24) is 5.32 Å². The van der Waals surface area contributed by atoms with Gasteiger partial charge in [-0.25, -0.2) is 8.78 Å². The van der Waals surface area contributed by atoms with E-state index in [2.05, 4.69) is 11.9 Å². The molecule has 0 aromatic heterocycles. The maximum absolute atomic E-state index is 13.0. The van der Waals surface area contributed by atoms with Crippen LogP contribution in [0.5, 0.6) is 0 Å². The van der Waals surface area contributed by atoms with Crippen LogP contribution in [0, 0.1) is 11.6 Å². The van der Waals surface area contributed by atoms with Crippen molar-refractivity contribution >= 4 is 0 Å². The van der Waals surface area contributed by atoms with Crippen LogP contribution < -0.4 is 5.32 Å². The Morgan fingerprint density at radius 3 is 2.31 bits per heavy atom. The van der Waals surface area contributed by atoms with Gasteiger partial charge in [0.05, 0.1) is 0 Å². The number of hydrogen-bond donors (Lipinski definition) is 1. The number of halogens is 2. The molecule has 16 heavy (non-hydrogen) atoms. The van der Waals surface area contributed by atoms with Crippen molar-refractivity contribution in [3.63, 3.8) is 0 Å². The summed E-state index contributed by atoms with van der Waals surface area (Å²) in [6.45, 7) is 5.77. The van der Waals surface area contributed by atoms with Crippen molar-refractivity contribution in [3.8, 4) is 0 Å². The van der Waals surface area contributed by atoms with E-state index < -0.39 is 11.6 Å². The fourth-order valence-electron chi connectivity index (χ4n) is 1.71. The predicted octanol–water partition coefficient (Wildman–Crippen LogP) is 3.06. The predicted molar refractivity (Wildman–Crippen MR) is 62.3 cm³/mol. The van der Waals surface area contributed by atoms with Gasteiger partial charge in [0.2, 0.25) is 0 Å². The van der Waals surface area contributed by atoms with E-state index in [1.165, 1.54) is 12.1 Å². The molecule has 1 aromatic rings. The van der Waals surface area contributed by atoms with Gasteiger partial charge in [0, 0.05) is 12.1 Å². The first kappa shape index (κ1) is 12.8. The van der Waals surface area contributed by atoms with Gasteiger partial charge in [-0.2, -0.15) is 0 Å². The van der Waals surface area contributed by atoms with Gasteiger partial charge in [-0.15, -0.1) is 6.58 Å². The fourth-order valence-corrected chi connectivity index (χ4v) is 1.71. The summed E-state index contributed by atoms with van der Waals surface area (Å²) >= 11 is 0. The van der Waals surface area contributed by atoms with E-state index in [9.17, 15) is 8.78 Å². The highest BCUT2D eigenvalue weighted by atomic mass is 19.1. The molecule has 0 bridgehead atoms. The summed E-state index contributed by atoms with van der Waals surface area (Å²) in [5.74, 6) is -1.06. The van der Waals surface area contributed by atoms with Crippen molar-refractivity contribution in [2.45, 2.75) is 25.8 Å². The van der Waals surface area contributed by atoms with Crippen molar-refractivity contribution < 1.29 is 8.78 Å². The van der Waals surface area contributed by atoms with Crippen LogP contribution in [0.25, 0.3) is 0 Å². The van der Waals surface area contributed by atoms with E-state index in [4.69, 9.17) is 0 Å². The number of benzene rings is 1. The fraction of sp³-hybridized carbons (Fsp3) is 0.385. The Hall–Kier alpha value is -1.22. The molecule has 1 N–H and O–H groups in total. The van der Waals surface area contributed by atoms with Crippen molar-refractivity contribution in [2.75, 3.05) is 7.05 Å². The summed E-state index contributed by atoms with van der Waals surface area (Å²) in [6.07, 6.45) is 1.40. The van der Waals surface area contributed by atoms with E-state index >= 15 is 0 Å². The standard InChI is InChI=1S/C13H17F2N/c1-9(2)4-13(16-3)7-10-5-11(14)8-12(15)6-10/h5-6,8,13,16H,1,4,7H2,2-3H3. The van der Waals surface area contributed by atoms with E-state index in [-0.39, 0.29) is 6.04 Å². The van der Waals surface area contributed by atoms with Gasteiger partial charge >= 0.3 is 0 Å². The lowest BCUT2D eigenvalue weighted by Crippen LogP contribution is -2.27. The summed E-state index contributed by atoms with van der Waals surface area (Å²) in [7, 11) is 1.84. The van der Waals surface area contributed by atoms with Gasteiger partial charge in [0.25, 0.3) is 0 Å². The summed E-state index contributed by atoms with van der Waals surface area (Å²) < 4.78 is 25.9. The normalized spacial score (nSPS) is 12.5. The minimum absolute atomic E-state index is 0.165. The van der Waals surface area contributed by atoms with Gasteiger partial charge in [0.1, 0.15) is 11.6 Å². The van der Waals surface area contributed by atoms with Crippen LogP contribution in [0.15, 0.2) is 30.4 Å². The summed E-state index contributed by atoms with van der Waals surface area (Å²) in [5, 5.41) is 3.12. The second-order valence-electron chi connectivity index (χ2n) is 4.13. The SMILES string of the molecule is C=C(C)CC(Cc1cc(F)cc(F)c1)NC. The lowest BCUT2D eigenvalue weighted by molar-refractivity contribution is 0.542. The molecule has 0 fully saturated rings. The Balaban J connectivity index is 2.73. The summed E-state index contributed by atoms with van der Waals surface area (Å²) in [6, 6.07) is 3.78. The molecule has 0 aliphatic heterocycles. The number of nitrogens with one attached hydrogen (secondary N) is 1. The van der Waals surface area contributed by atoms with Gasteiger partial charge in [-0.05, 0) is 44.5 Å². The van der Waals surface area contributed by atoms with Crippen LogP contribution in [0.2, 0.25) is 0 Å². The molecule has 1 atom stereocenters. The second kappa shape index (κ2) is 5.75. The van der Waals surface area contributed by atoms with Crippen molar-refractivity contribution in [3.05, 3.63) is 47.5 Å². The van der Waals surface area contributed by atoms with Crippen LogP contribution in [0.3, 0.4) is 0 Å². The molecule has 0 aliphatic rings. The molecule has 1 unspecified atom stereocenters. The summed E-state index contributed by atoms with van der Waals surface area (Å²) in [5.41, 5.74) is 1.72. The van der Waals surface area contributed by atoms with E-state index in [1.54, 1.807) is 0 Å². The van der Waals surface area contributed by atoms with Crippen LogP contribution in [0.1, 0.15) is 18.9 Å². The van der Waals surface area contributed by atoms with Crippen LogP contribution in [-0.2, 0) is 6.42 Å². The van der Waals surface area contributed by atoms with E-state index in [1.807, 2.05) is 14.0 Å². The monoisotopic (exact) mass is 225 g/mol. The highest BCUT2D eigenvalue weighted by Gasteiger charge is 2.09. The maximum Gasteiger partial charge on any atom is 0.126 e. The molecular formula is C13H17F2N. The lowest BCUT2D eigenvalue weighted by atomic mass is 10.0. The third-order valence-corrected chi connectivity index (χ3v) is 2.41. The summed E-state index contributed by atoms with van der Waals surface area (Å²) in [4.78, 5) is 0. The molecule has 1 nitrogen and oxygen atoms in total. The Labute approximate surface area is 95.2 Å². The van der Waals surface area contributed by atoms with Crippen LogP contribution in [0.4, 0.5) is 8.78 Å². The third kappa shape index (κ3) is 4.11. The van der Waals surface area contributed by atoms with E-state index in [0.29, 0.717) is 12.0 Å². The first-order valence-corrected chi connectivity index (χ1v) is 5.28. The number of rotatable bonds is 5. The Morgan fingerprint density at radius 1 is 1.31 bits per heavy atom. The molecule has 1 aromatic carbocycles. The molecule has 0 amide bonds. The number of likely N-dealkylation sites (N-methyl/N-ethyl adjacent to an activating group) is 1. The highest BCUT2D eigenvalue weighted by Crippen LogP contribution is 2.13. The average molecular weight is 225 g/mol. The largest absolute Gasteiger partial charge is 0.316 e. The van der Waals surface area contributed by atoms with Gasteiger partial charge in [-0.3, -0.25) is 0 Å². The molecule has 0 saturated heterocycles. The molecule has 1 rings (SSSR count). The smallest absolute Gasteiger partial charge is 0.126 e. The number of hydrogen-bond acceptors (Lipinski definition) is 1. The Bertz CT molecular complexity index is 354. The molecule has 0 spiro atoms. The van der Waals surface area contributed by atoms with Gasteiger partial charge < -0.3 is 5.32 Å². The van der Waals surface area contributed by atoms with Crippen LogP contribution >= 0.6 is 0 Å². The molecule has 0 aliphatic carbocycles. The zero-order valence-corrected chi connectivity index (χ0v) is 9.69. The van der Waals surface area contributed by atoms with E-state index in [0.717, 1.165) is 18.1 Å². The first-order valence-electron chi connectivity index (χ1n) is 5.28. The topological polar surface area (TPSA) is 12.0 Å². The average Bonchev–Trinajstić information content (AvgIpc) is 2.14. The third-order valence-electron chi connectivity index (χ3n) is 2.41. The lowest BCUT2D eigenvalue weighted by Gasteiger charge is -2.16. The molecular weight excluding hydrogens is 208 g/mol. The minimum atomic E-state index is -0.528. The molecule has 0 radical (unpaired) electrons. The van der Waals surface area contributed by atoms with Gasteiger partial charge in [-0.1, -0.05) is 5.57 Å². The first-order chi connectivity index (χ1) is 7.51. The molecule has 88 valence electrons. The van der Waals surface area contributed by atoms with Crippen LogP contribution in [-0.4, -0.2) is 13.1 Å². The minimum Gasteiger partial charge on any atom is -0.316 e. The van der Waals surface area contributed by atoms with Crippen molar-refractivity contribution in [2.24, 2.45) is 0 Å². The maximum atomic E-state index is 13.0. The Morgan fingerprint density at radius 2 is 1.88 bits per heavy atom. The highest BCUT2D eigenvalue weighted by molar-refractivity contribution is 5.19. The second-order valence-corrected chi connectivity index (χ2v) is 4.13. The Kier molecular flexibility index (Phi) is 4.62. The molecule has 0 heterocycles. The molecule has 0 saturated carbocycles. The quantitative estimate of drug-likeness (QED) is 0.759. The zero-order valence-electron chi connectivity index (χ0n) is 9.69. The van der Waals surface area contributed by atoms with Gasteiger partial charge in [0.15, 0.2) is 0 Å². The van der Waals surface area contributed by atoms with Crippen molar-refractivity contribution in [1.29, 1.82) is 0 Å². The zero-order chi connectivity index (χ0) is 12.1.